The summed E-state index contributed by atoms with van der Waals surface area (Å²) in [4.78, 5) is 28.9. The van der Waals surface area contributed by atoms with E-state index in [0.29, 0.717) is 44.0 Å². The van der Waals surface area contributed by atoms with Crippen LogP contribution in [0, 0.1) is 0 Å². The Hall–Kier alpha value is -3.88. The van der Waals surface area contributed by atoms with Gasteiger partial charge in [0.15, 0.2) is 5.69 Å². The summed E-state index contributed by atoms with van der Waals surface area (Å²) in [5, 5.41) is 15.2. The number of quaternary nitrogens is 1. The highest BCUT2D eigenvalue weighted by molar-refractivity contribution is 5.92. The van der Waals surface area contributed by atoms with Crippen molar-refractivity contribution in [2.75, 3.05) is 41.7 Å². The van der Waals surface area contributed by atoms with Crippen LogP contribution in [0.1, 0.15) is 18.4 Å². The molecule has 0 atom stereocenters. The quantitative estimate of drug-likeness (QED) is 0.296. The van der Waals surface area contributed by atoms with Gasteiger partial charge in [0.1, 0.15) is 5.69 Å². The molecule has 8 nitrogen and oxygen atoms in total. The van der Waals surface area contributed by atoms with E-state index in [4.69, 9.17) is 0 Å². The van der Waals surface area contributed by atoms with E-state index in [0.717, 1.165) is 29.7 Å². The van der Waals surface area contributed by atoms with Crippen LogP contribution in [0.3, 0.4) is 0 Å². The van der Waals surface area contributed by atoms with E-state index >= 15 is 0 Å². The molecule has 0 saturated carbocycles. The number of anilines is 3. The molecule has 0 bridgehead atoms. The zero-order chi connectivity index (χ0) is 24.5. The summed E-state index contributed by atoms with van der Waals surface area (Å²) in [5.74, 6) is 0.0219. The first-order chi connectivity index (χ1) is 17.1. The number of hydrogen-bond acceptors (Lipinski definition) is 4. The van der Waals surface area contributed by atoms with Crippen LogP contribution in [0.15, 0.2) is 78.9 Å². The minimum atomic E-state index is -0.177. The lowest BCUT2D eigenvalue weighted by Crippen LogP contribution is -2.74. The van der Waals surface area contributed by atoms with E-state index in [2.05, 4.69) is 27.7 Å². The number of nitrogens with one attached hydrogen (secondary N) is 2. The summed E-state index contributed by atoms with van der Waals surface area (Å²) in [6.45, 7) is 2.62. The number of rotatable bonds is 8. The summed E-state index contributed by atoms with van der Waals surface area (Å²) >= 11 is 0. The number of piperazine rings is 1. The van der Waals surface area contributed by atoms with Crippen molar-refractivity contribution in [1.29, 1.82) is 0 Å². The third-order valence-electron chi connectivity index (χ3n) is 6.14. The Morgan fingerprint density at radius 2 is 1.51 bits per heavy atom. The molecule has 0 aliphatic carbocycles. The minimum absolute atomic E-state index is 0.0219. The zero-order valence-corrected chi connectivity index (χ0v) is 19.7. The molecule has 0 radical (unpaired) electrons. The Bertz CT molecular complexity index is 1110. The average Bonchev–Trinajstić information content (AvgIpc) is 2.90. The van der Waals surface area contributed by atoms with Crippen molar-refractivity contribution >= 4 is 34.7 Å². The fourth-order valence-electron chi connectivity index (χ4n) is 4.16. The number of hydrogen-bond donors (Lipinski definition) is 4. The largest absolute Gasteiger partial charge is 0.368 e. The number of aryl methyl sites for hydroxylation is 1. The van der Waals surface area contributed by atoms with E-state index < -0.39 is 0 Å². The highest BCUT2D eigenvalue weighted by Crippen LogP contribution is 2.21. The fraction of sp³-hybridized carbons (Fsp3) is 0.259. The minimum Gasteiger partial charge on any atom is -0.368 e. The Balaban J connectivity index is 1.21. The van der Waals surface area contributed by atoms with Crippen molar-refractivity contribution in [3.8, 4) is 0 Å². The van der Waals surface area contributed by atoms with Crippen LogP contribution >= 0.6 is 0 Å². The summed E-state index contributed by atoms with van der Waals surface area (Å²) in [6, 6.07) is 25.0. The average molecular weight is 475 g/mol. The molecule has 5 N–H and O–H groups in total. The standard InChI is InChI=1S/C27H31N5O3/c33-26(12-6-9-21-7-2-1-3-8-21)28-22-13-15-23(16-14-22)31-17-19-32(20-18-31)27(34)29-24-10-4-5-11-25(24)30-35/h1-5,7-8,10-11,13-16,30,35H,6,9,12,17-20H2,(H,28,33)(H,29,34)/p+1. The zero-order valence-electron chi connectivity index (χ0n) is 19.7. The maximum atomic E-state index is 12.6. The predicted molar refractivity (Wildman–Crippen MR) is 137 cm³/mol. The molecule has 3 aromatic rings. The molecule has 8 heteroatoms. The lowest BCUT2D eigenvalue weighted by molar-refractivity contribution is -0.825. The van der Waals surface area contributed by atoms with Crippen molar-refractivity contribution in [3.63, 3.8) is 0 Å². The van der Waals surface area contributed by atoms with Crippen LogP contribution in [0.2, 0.25) is 0 Å². The van der Waals surface area contributed by atoms with Gasteiger partial charge in [0.25, 0.3) is 0 Å². The maximum absolute atomic E-state index is 12.6. The lowest BCUT2D eigenvalue weighted by Gasteiger charge is -2.36. The van der Waals surface area contributed by atoms with Crippen LogP contribution in [0.25, 0.3) is 0 Å². The predicted octanol–water partition coefficient (Wildman–Crippen LogP) is 3.59. The van der Waals surface area contributed by atoms with Crippen molar-refractivity contribution in [1.82, 2.24) is 4.90 Å². The van der Waals surface area contributed by atoms with E-state index in [1.807, 2.05) is 48.5 Å². The Labute approximate surface area is 205 Å². The number of carbonyl (C=O) groups excluding carboxylic acids is 2. The van der Waals surface area contributed by atoms with Crippen LogP contribution in [-0.2, 0) is 11.2 Å². The van der Waals surface area contributed by atoms with Gasteiger partial charge < -0.3 is 20.4 Å². The molecule has 0 unspecified atom stereocenters. The highest BCUT2D eigenvalue weighted by atomic mass is 16.5. The topological polar surface area (TPSA) is 102 Å². The first-order valence-electron chi connectivity index (χ1n) is 11.9. The summed E-state index contributed by atoms with van der Waals surface area (Å²) in [5.41, 5.74) is 5.24. The van der Waals surface area contributed by atoms with Gasteiger partial charge >= 0.3 is 6.03 Å². The summed E-state index contributed by atoms with van der Waals surface area (Å²) < 4.78 is 0. The Morgan fingerprint density at radius 1 is 0.829 bits per heavy atom. The van der Waals surface area contributed by atoms with Gasteiger partial charge in [0.05, 0.1) is 0 Å². The summed E-state index contributed by atoms with van der Waals surface area (Å²) in [7, 11) is 0. The number of benzene rings is 3. The number of carbonyl (C=O) groups is 2. The monoisotopic (exact) mass is 474 g/mol. The maximum Gasteiger partial charge on any atom is 0.322 e. The molecule has 1 heterocycles. The molecule has 182 valence electrons. The van der Waals surface area contributed by atoms with E-state index in [9.17, 15) is 14.8 Å². The highest BCUT2D eigenvalue weighted by Gasteiger charge is 2.22. The molecule has 1 saturated heterocycles. The molecule has 3 aromatic carbocycles. The number of nitrogens with two attached hydrogens (primary N) is 1. The Morgan fingerprint density at radius 3 is 2.23 bits per heavy atom. The van der Waals surface area contributed by atoms with Gasteiger partial charge in [-0.2, -0.15) is 5.48 Å². The molecule has 1 fully saturated rings. The van der Waals surface area contributed by atoms with Gasteiger partial charge in [0.2, 0.25) is 5.91 Å². The normalized spacial score (nSPS) is 13.4. The van der Waals surface area contributed by atoms with E-state index in [-0.39, 0.29) is 11.9 Å². The van der Waals surface area contributed by atoms with Crippen molar-refractivity contribution in [3.05, 3.63) is 84.4 Å². The second kappa shape index (κ2) is 12.0. The van der Waals surface area contributed by atoms with Crippen LogP contribution < -0.4 is 21.0 Å². The molecule has 1 aliphatic rings. The summed E-state index contributed by atoms with van der Waals surface area (Å²) in [6.07, 6.45) is 2.20. The molecule has 4 rings (SSSR count). The number of amides is 3. The molecule has 1 aliphatic heterocycles. The van der Waals surface area contributed by atoms with Gasteiger partial charge in [-0.1, -0.05) is 42.5 Å². The molecule has 0 aromatic heterocycles. The van der Waals surface area contributed by atoms with Crippen LogP contribution in [0.4, 0.5) is 27.5 Å². The van der Waals surface area contributed by atoms with Gasteiger partial charge in [0, 0.05) is 50.0 Å². The van der Waals surface area contributed by atoms with E-state index in [1.54, 1.807) is 23.1 Å². The first kappa shape index (κ1) is 24.3. The number of para-hydroxylation sites is 2. The van der Waals surface area contributed by atoms with Crippen LogP contribution in [0.5, 0.6) is 0 Å². The second-order valence-electron chi connectivity index (χ2n) is 8.55. The second-order valence-corrected chi connectivity index (χ2v) is 8.55. The molecule has 0 spiro atoms. The fourth-order valence-corrected chi connectivity index (χ4v) is 4.16. The third kappa shape index (κ3) is 6.81. The van der Waals surface area contributed by atoms with Crippen molar-refractivity contribution in [2.45, 2.75) is 19.3 Å². The van der Waals surface area contributed by atoms with E-state index in [1.165, 1.54) is 5.56 Å². The van der Waals surface area contributed by atoms with Gasteiger partial charge in [-0.3, -0.25) is 4.79 Å². The molecular weight excluding hydrogens is 442 g/mol. The first-order valence-corrected chi connectivity index (χ1v) is 11.9. The molecule has 3 amide bonds. The molecular formula is C27H32N5O3+. The van der Waals surface area contributed by atoms with Crippen molar-refractivity contribution < 1.29 is 20.3 Å². The Kier molecular flexibility index (Phi) is 8.32. The van der Waals surface area contributed by atoms with Gasteiger partial charge in [-0.25, -0.2) is 10.0 Å². The van der Waals surface area contributed by atoms with Crippen LogP contribution in [-0.4, -0.2) is 48.2 Å². The smallest absolute Gasteiger partial charge is 0.322 e. The number of nitrogens with zero attached hydrogens (tertiary/aromatic N) is 2. The van der Waals surface area contributed by atoms with Gasteiger partial charge in [-0.15, -0.1) is 0 Å². The van der Waals surface area contributed by atoms with Crippen molar-refractivity contribution in [2.24, 2.45) is 0 Å². The SMILES string of the molecule is O=C(CCCc1ccccc1)Nc1ccc(N2CCN(C(=O)Nc3ccccc3[NH2+]O)CC2)cc1. The van der Waals surface area contributed by atoms with Gasteiger partial charge in [-0.05, 0) is 48.7 Å². The number of urea groups is 1. The third-order valence-corrected chi connectivity index (χ3v) is 6.14. The lowest BCUT2D eigenvalue weighted by atomic mass is 10.1. The molecule has 35 heavy (non-hydrogen) atoms.